The number of ketones is 1. The predicted molar refractivity (Wildman–Crippen MR) is 90.6 cm³/mol. The molecule has 26 heavy (non-hydrogen) atoms. The van der Waals surface area contributed by atoms with Gasteiger partial charge >= 0.3 is 6.61 Å². The Bertz CT molecular complexity index is 951. The molecule has 2 aromatic heterocycles. The average Bonchev–Trinajstić information content (AvgIpc) is 3.19. The highest BCUT2D eigenvalue weighted by Gasteiger charge is 2.14. The Kier molecular flexibility index (Phi) is 4.98. The number of furan rings is 1. The highest BCUT2D eigenvalue weighted by molar-refractivity contribution is 7.71. The van der Waals surface area contributed by atoms with E-state index in [2.05, 4.69) is 15.3 Å². The molecule has 0 aliphatic heterocycles. The van der Waals surface area contributed by atoms with Gasteiger partial charge in [-0.05, 0) is 42.5 Å². The van der Waals surface area contributed by atoms with Crippen molar-refractivity contribution in [2.45, 2.75) is 13.2 Å². The minimum atomic E-state index is -2.93. The van der Waals surface area contributed by atoms with Gasteiger partial charge in [0.15, 0.2) is 5.78 Å². The standard InChI is InChI=1S/C15H13F2N5O3S/c16-13(17)25-10-5-3-9(4-6-10)11(23)8-21-15(26)22(14(18)20-21)19-12-2-1-7-24-12/h1-7,13,19H,8H2,(H2,18,20). The zero-order valence-electron chi connectivity index (χ0n) is 13.1. The number of nitrogen functional groups attached to an aromatic ring is 1. The van der Waals surface area contributed by atoms with Gasteiger partial charge < -0.3 is 14.9 Å². The molecule has 0 amide bonds. The van der Waals surface area contributed by atoms with Crippen molar-refractivity contribution >= 4 is 29.8 Å². The van der Waals surface area contributed by atoms with Crippen molar-refractivity contribution < 1.29 is 22.7 Å². The number of ether oxygens (including phenoxy) is 1. The van der Waals surface area contributed by atoms with E-state index >= 15 is 0 Å². The molecule has 136 valence electrons. The Morgan fingerprint density at radius 2 is 2.08 bits per heavy atom. The Hall–Kier alpha value is -3.21. The van der Waals surface area contributed by atoms with E-state index in [1.165, 1.54) is 39.9 Å². The molecule has 3 rings (SSSR count). The van der Waals surface area contributed by atoms with E-state index in [0.29, 0.717) is 11.4 Å². The number of aromatic nitrogens is 3. The summed E-state index contributed by atoms with van der Waals surface area (Å²) in [7, 11) is 0. The van der Waals surface area contributed by atoms with Gasteiger partial charge in [-0.3, -0.25) is 10.2 Å². The number of carbonyl (C=O) groups excluding carboxylic acids is 1. The van der Waals surface area contributed by atoms with Gasteiger partial charge in [-0.15, -0.1) is 5.10 Å². The van der Waals surface area contributed by atoms with E-state index in [4.69, 9.17) is 22.4 Å². The predicted octanol–water partition coefficient (Wildman–Crippen LogP) is 2.95. The quantitative estimate of drug-likeness (QED) is 0.479. The van der Waals surface area contributed by atoms with Crippen LogP contribution in [0.3, 0.4) is 0 Å². The lowest BCUT2D eigenvalue weighted by molar-refractivity contribution is -0.0498. The molecule has 0 saturated carbocycles. The third-order valence-electron chi connectivity index (χ3n) is 3.30. The van der Waals surface area contributed by atoms with Crippen LogP contribution in [-0.4, -0.2) is 26.9 Å². The van der Waals surface area contributed by atoms with Gasteiger partial charge in [0.2, 0.25) is 16.6 Å². The number of halogens is 2. The molecule has 0 unspecified atom stereocenters. The fourth-order valence-electron chi connectivity index (χ4n) is 2.13. The number of nitrogens with one attached hydrogen (secondary N) is 1. The molecule has 1 aromatic carbocycles. The zero-order valence-corrected chi connectivity index (χ0v) is 14.0. The molecule has 2 heterocycles. The van der Waals surface area contributed by atoms with Crippen molar-refractivity contribution in [3.05, 3.63) is 53.0 Å². The topological polar surface area (TPSA) is 100 Å². The first-order valence-corrected chi connectivity index (χ1v) is 7.69. The summed E-state index contributed by atoms with van der Waals surface area (Å²) in [4.78, 5) is 12.4. The Morgan fingerprint density at radius 1 is 1.35 bits per heavy atom. The van der Waals surface area contributed by atoms with Crippen LogP contribution in [0.4, 0.5) is 20.6 Å². The summed E-state index contributed by atoms with van der Waals surface area (Å²) in [5.74, 6) is 0.0739. The second-order valence-corrected chi connectivity index (χ2v) is 5.41. The van der Waals surface area contributed by atoms with Crippen molar-refractivity contribution in [1.82, 2.24) is 14.5 Å². The number of benzene rings is 1. The van der Waals surface area contributed by atoms with E-state index in [1.54, 1.807) is 12.1 Å². The number of anilines is 2. The van der Waals surface area contributed by atoms with Gasteiger partial charge in [0.25, 0.3) is 0 Å². The number of rotatable bonds is 7. The molecule has 0 radical (unpaired) electrons. The van der Waals surface area contributed by atoms with Crippen LogP contribution in [0.15, 0.2) is 47.1 Å². The van der Waals surface area contributed by atoms with Crippen LogP contribution in [0.25, 0.3) is 0 Å². The SMILES string of the molecule is Nc1nn(CC(=O)c2ccc(OC(F)F)cc2)c(=S)n1Nc1ccco1. The van der Waals surface area contributed by atoms with Crippen LogP contribution in [0.5, 0.6) is 5.75 Å². The largest absolute Gasteiger partial charge is 0.447 e. The van der Waals surface area contributed by atoms with E-state index in [-0.39, 0.29) is 28.8 Å². The number of nitrogens with zero attached hydrogens (tertiary/aromatic N) is 3. The van der Waals surface area contributed by atoms with E-state index in [9.17, 15) is 13.6 Å². The van der Waals surface area contributed by atoms with Crippen molar-refractivity contribution in [1.29, 1.82) is 0 Å². The van der Waals surface area contributed by atoms with Gasteiger partial charge in [0, 0.05) is 11.6 Å². The number of hydrogen-bond donors (Lipinski definition) is 2. The molecule has 8 nitrogen and oxygen atoms in total. The van der Waals surface area contributed by atoms with Crippen molar-refractivity contribution in [2.24, 2.45) is 0 Å². The maximum Gasteiger partial charge on any atom is 0.387 e. The maximum atomic E-state index is 12.4. The summed E-state index contributed by atoms with van der Waals surface area (Å²) >= 11 is 5.25. The van der Waals surface area contributed by atoms with Crippen molar-refractivity contribution in [3.63, 3.8) is 0 Å². The average molecular weight is 381 g/mol. The van der Waals surface area contributed by atoms with E-state index in [0.717, 1.165) is 0 Å². The smallest absolute Gasteiger partial charge is 0.387 e. The maximum absolute atomic E-state index is 12.4. The fourth-order valence-corrected chi connectivity index (χ4v) is 2.38. The molecule has 0 saturated heterocycles. The van der Waals surface area contributed by atoms with Gasteiger partial charge in [-0.1, -0.05) is 0 Å². The van der Waals surface area contributed by atoms with Crippen LogP contribution in [-0.2, 0) is 6.54 Å². The molecule has 3 aromatic rings. The minimum absolute atomic E-state index is 0.0377. The van der Waals surface area contributed by atoms with E-state index in [1.807, 2.05) is 0 Å². The Balaban J connectivity index is 1.74. The minimum Gasteiger partial charge on any atom is -0.447 e. The number of hydrogen-bond acceptors (Lipinski definition) is 7. The summed E-state index contributed by atoms with van der Waals surface area (Å²) in [5.41, 5.74) is 8.91. The summed E-state index contributed by atoms with van der Waals surface area (Å²) < 4.78 is 36.4. The molecule has 0 aliphatic carbocycles. The molecule has 0 spiro atoms. The molecule has 0 bridgehead atoms. The molecular weight excluding hydrogens is 368 g/mol. The summed E-state index contributed by atoms with van der Waals surface area (Å²) in [5, 5.41) is 4.02. The lowest BCUT2D eigenvalue weighted by Gasteiger charge is -2.06. The third kappa shape index (κ3) is 3.88. The number of Topliss-reactive ketones (excluding diaryl/α,β-unsaturated/α-hetero) is 1. The second kappa shape index (κ2) is 7.35. The van der Waals surface area contributed by atoms with Crippen LogP contribution in [0.1, 0.15) is 10.4 Å². The van der Waals surface area contributed by atoms with Crippen LogP contribution in [0, 0.1) is 4.77 Å². The number of alkyl halides is 2. The van der Waals surface area contributed by atoms with Gasteiger partial charge in [-0.2, -0.15) is 13.5 Å². The van der Waals surface area contributed by atoms with E-state index < -0.39 is 6.61 Å². The highest BCUT2D eigenvalue weighted by atomic mass is 32.1. The molecule has 3 N–H and O–H groups in total. The Labute approximate surface area is 150 Å². The molecular formula is C15H13F2N5O3S. The lowest BCUT2D eigenvalue weighted by atomic mass is 10.1. The third-order valence-corrected chi connectivity index (χ3v) is 3.70. The van der Waals surface area contributed by atoms with Crippen LogP contribution >= 0.6 is 12.2 Å². The zero-order chi connectivity index (χ0) is 18.7. The molecule has 0 aliphatic rings. The number of nitrogens with two attached hydrogens (primary N) is 1. The highest BCUT2D eigenvalue weighted by Crippen LogP contribution is 2.16. The first kappa shape index (κ1) is 17.6. The molecule has 0 atom stereocenters. The van der Waals surface area contributed by atoms with Gasteiger partial charge in [0.1, 0.15) is 12.3 Å². The first-order chi connectivity index (χ1) is 12.4. The van der Waals surface area contributed by atoms with Crippen molar-refractivity contribution in [2.75, 3.05) is 11.2 Å². The fraction of sp³-hybridized carbons (Fsp3) is 0.133. The second-order valence-electron chi connectivity index (χ2n) is 5.05. The van der Waals surface area contributed by atoms with Crippen molar-refractivity contribution in [3.8, 4) is 5.75 Å². The molecule has 0 fully saturated rings. The molecule has 11 heteroatoms. The van der Waals surface area contributed by atoms with Gasteiger partial charge in [0.05, 0.1) is 6.26 Å². The normalized spacial score (nSPS) is 10.9. The summed E-state index contributed by atoms with van der Waals surface area (Å²) in [6, 6.07) is 8.66. The lowest BCUT2D eigenvalue weighted by Crippen LogP contribution is -2.14. The first-order valence-electron chi connectivity index (χ1n) is 7.28. The van der Waals surface area contributed by atoms with Crippen LogP contribution in [0.2, 0.25) is 0 Å². The summed E-state index contributed by atoms with van der Waals surface area (Å²) in [6.07, 6.45) is 1.47. The monoisotopic (exact) mass is 381 g/mol. The van der Waals surface area contributed by atoms with Gasteiger partial charge in [-0.25, -0.2) is 4.68 Å². The summed E-state index contributed by atoms with van der Waals surface area (Å²) in [6.45, 7) is -3.10. The number of carbonyl (C=O) groups is 1. The Morgan fingerprint density at radius 3 is 2.69 bits per heavy atom. The van der Waals surface area contributed by atoms with Crippen LogP contribution < -0.4 is 15.9 Å².